The molecule has 1 saturated carbocycles. The van der Waals surface area contributed by atoms with E-state index in [1.807, 2.05) is 6.20 Å². The molecule has 1 spiro atoms. The monoisotopic (exact) mass is 356 g/mol. The van der Waals surface area contributed by atoms with E-state index in [2.05, 4.69) is 28.8 Å². The molecule has 0 bridgehead atoms. The Morgan fingerprint density at radius 3 is 2.58 bits per heavy atom. The molecular formula is C21H28N2O3. The fraction of sp³-hybridized carbons (Fsp3) is 0.667. The van der Waals surface area contributed by atoms with Gasteiger partial charge in [-0.3, -0.25) is 0 Å². The highest BCUT2D eigenvalue weighted by atomic mass is 16.7. The van der Waals surface area contributed by atoms with Crippen molar-refractivity contribution in [2.75, 3.05) is 19.8 Å². The second-order valence-corrected chi connectivity index (χ2v) is 8.06. The summed E-state index contributed by atoms with van der Waals surface area (Å²) < 4.78 is 19.9. The van der Waals surface area contributed by atoms with E-state index >= 15 is 0 Å². The van der Waals surface area contributed by atoms with Crippen LogP contribution in [0.25, 0.3) is 10.9 Å². The molecule has 3 heterocycles. The smallest absolute Gasteiger partial charge is 0.168 e. The number of aromatic nitrogens is 2. The first-order chi connectivity index (χ1) is 12.7. The predicted octanol–water partition coefficient (Wildman–Crippen LogP) is 4.44. The summed E-state index contributed by atoms with van der Waals surface area (Å²) in [4.78, 5) is 0. The van der Waals surface area contributed by atoms with Gasteiger partial charge in [-0.15, -0.1) is 0 Å². The third-order valence-corrected chi connectivity index (χ3v) is 6.41. The maximum atomic E-state index is 5.98. The van der Waals surface area contributed by atoms with Crippen LogP contribution in [0.4, 0.5) is 0 Å². The van der Waals surface area contributed by atoms with Gasteiger partial charge in [-0.05, 0) is 68.2 Å². The second kappa shape index (κ2) is 6.63. The van der Waals surface area contributed by atoms with Gasteiger partial charge in [-0.25, -0.2) is 4.68 Å². The lowest BCUT2D eigenvalue weighted by Gasteiger charge is -2.36. The van der Waals surface area contributed by atoms with E-state index in [1.165, 1.54) is 28.5 Å². The molecule has 0 amide bonds. The minimum absolute atomic E-state index is 0.0896. The molecule has 0 radical (unpaired) electrons. The Kier molecular flexibility index (Phi) is 4.26. The molecule has 2 aliphatic heterocycles. The first kappa shape index (κ1) is 16.7. The molecule has 1 aliphatic carbocycles. The van der Waals surface area contributed by atoms with Gasteiger partial charge in [-0.1, -0.05) is 0 Å². The highest BCUT2D eigenvalue weighted by molar-refractivity contribution is 5.80. The molecule has 1 atom stereocenters. The van der Waals surface area contributed by atoms with E-state index in [4.69, 9.17) is 14.2 Å². The van der Waals surface area contributed by atoms with Gasteiger partial charge in [0.15, 0.2) is 12.0 Å². The van der Waals surface area contributed by atoms with Gasteiger partial charge in [0.05, 0.1) is 24.9 Å². The molecule has 3 fully saturated rings. The average Bonchev–Trinajstić information content (AvgIpc) is 3.30. The number of rotatable bonds is 2. The number of benzene rings is 1. The topological polar surface area (TPSA) is 45.5 Å². The number of aryl methyl sites for hydroxylation is 1. The third kappa shape index (κ3) is 2.86. The van der Waals surface area contributed by atoms with Crippen LogP contribution in [0.1, 0.15) is 68.2 Å². The van der Waals surface area contributed by atoms with Crippen LogP contribution in [0.15, 0.2) is 18.3 Å². The molecular weight excluding hydrogens is 328 g/mol. The summed E-state index contributed by atoms with van der Waals surface area (Å²) in [5.74, 6) is 0.292. The van der Waals surface area contributed by atoms with Gasteiger partial charge < -0.3 is 14.2 Å². The molecule has 5 heteroatoms. The normalized spacial score (nSPS) is 26.7. The Bertz CT molecular complexity index is 778. The van der Waals surface area contributed by atoms with Crippen LogP contribution in [0.5, 0.6) is 0 Å². The summed E-state index contributed by atoms with van der Waals surface area (Å²) in [6.07, 6.45) is 9.76. The van der Waals surface area contributed by atoms with Crippen LogP contribution < -0.4 is 0 Å². The van der Waals surface area contributed by atoms with Crippen LogP contribution in [-0.2, 0) is 14.2 Å². The predicted molar refractivity (Wildman–Crippen MR) is 99.2 cm³/mol. The highest BCUT2D eigenvalue weighted by Gasteiger charge is 2.40. The van der Waals surface area contributed by atoms with Gasteiger partial charge in [0.2, 0.25) is 0 Å². The fourth-order valence-corrected chi connectivity index (χ4v) is 4.96. The lowest BCUT2D eigenvalue weighted by molar-refractivity contribution is -0.178. The second-order valence-electron chi connectivity index (χ2n) is 8.06. The van der Waals surface area contributed by atoms with Crippen LogP contribution in [0.3, 0.4) is 0 Å². The molecule has 5 rings (SSSR count). The van der Waals surface area contributed by atoms with Crippen molar-refractivity contribution in [3.63, 3.8) is 0 Å². The van der Waals surface area contributed by atoms with Gasteiger partial charge in [0.25, 0.3) is 0 Å². The lowest BCUT2D eigenvalue weighted by Crippen LogP contribution is -2.34. The van der Waals surface area contributed by atoms with E-state index in [1.54, 1.807) is 0 Å². The number of nitrogens with zero attached hydrogens (tertiary/aromatic N) is 2. The average molecular weight is 356 g/mol. The SMILES string of the molecule is Cc1cc2cnn(C3CCCCO3)c2cc1C1CCC2(CC1)OCCO2. The Balaban J connectivity index is 1.43. The molecule has 140 valence electrons. The Morgan fingerprint density at radius 2 is 1.85 bits per heavy atom. The maximum Gasteiger partial charge on any atom is 0.168 e. The Morgan fingerprint density at radius 1 is 1.04 bits per heavy atom. The minimum atomic E-state index is -0.285. The van der Waals surface area contributed by atoms with Crippen molar-refractivity contribution in [1.29, 1.82) is 0 Å². The standard InChI is InChI=1S/C21H28N2O3/c1-15-12-17-14-22-23(20-4-2-3-9-24-20)19(17)13-18(15)16-5-7-21(8-6-16)25-10-11-26-21/h12-14,16,20H,2-11H2,1H3. The van der Waals surface area contributed by atoms with Crippen molar-refractivity contribution in [2.24, 2.45) is 0 Å². The summed E-state index contributed by atoms with van der Waals surface area (Å²) >= 11 is 0. The van der Waals surface area contributed by atoms with E-state index in [0.29, 0.717) is 5.92 Å². The van der Waals surface area contributed by atoms with Crippen molar-refractivity contribution >= 4 is 10.9 Å². The zero-order chi connectivity index (χ0) is 17.6. The molecule has 3 aliphatic rings. The van der Waals surface area contributed by atoms with Crippen LogP contribution in [-0.4, -0.2) is 35.4 Å². The summed E-state index contributed by atoms with van der Waals surface area (Å²) in [7, 11) is 0. The van der Waals surface area contributed by atoms with Crippen molar-refractivity contribution in [2.45, 2.75) is 69.8 Å². The molecule has 26 heavy (non-hydrogen) atoms. The number of fused-ring (bicyclic) bond motifs is 1. The lowest BCUT2D eigenvalue weighted by atomic mass is 9.79. The zero-order valence-corrected chi connectivity index (χ0v) is 15.6. The quantitative estimate of drug-likeness (QED) is 0.798. The molecule has 1 unspecified atom stereocenters. The first-order valence-electron chi connectivity index (χ1n) is 10.1. The van der Waals surface area contributed by atoms with Gasteiger partial charge in [0, 0.05) is 24.8 Å². The van der Waals surface area contributed by atoms with Crippen molar-refractivity contribution < 1.29 is 14.2 Å². The molecule has 2 saturated heterocycles. The summed E-state index contributed by atoms with van der Waals surface area (Å²) in [5.41, 5.74) is 4.05. The summed E-state index contributed by atoms with van der Waals surface area (Å²) in [5, 5.41) is 5.87. The number of hydrogen-bond acceptors (Lipinski definition) is 4. The highest BCUT2D eigenvalue weighted by Crippen LogP contribution is 2.43. The van der Waals surface area contributed by atoms with Crippen LogP contribution >= 0.6 is 0 Å². The third-order valence-electron chi connectivity index (χ3n) is 6.41. The molecule has 5 nitrogen and oxygen atoms in total. The molecule has 1 aromatic carbocycles. The van der Waals surface area contributed by atoms with Crippen LogP contribution in [0, 0.1) is 6.92 Å². The fourth-order valence-electron chi connectivity index (χ4n) is 4.96. The van der Waals surface area contributed by atoms with E-state index < -0.39 is 0 Å². The van der Waals surface area contributed by atoms with Gasteiger partial charge in [-0.2, -0.15) is 5.10 Å². The largest absolute Gasteiger partial charge is 0.356 e. The molecule has 1 aromatic heterocycles. The number of hydrogen-bond donors (Lipinski definition) is 0. The Labute approximate surface area is 154 Å². The Hall–Kier alpha value is -1.43. The summed E-state index contributed by atoms with van der Waals surface area (Å²) in [6, 6.07) is 4.67. The maximum absolute atomic E-state index is 5.98. The van der Waals surface area contributed by atoms with Crippen molar-refractivity contribution in [3.05, 3.63) is 29.5 Å². The number of ether oxygens (including phenoxy) is 3. The van der Waals surface area contributed by atoms with Gasteiger partial charge in [0.1, 0.15) is 0 Å². The molecule has 0 N–H and O–H groups in total. The van der Waals surface area contributed by atoms with Crippen molar-refractivity contribution in [3.8, 4) is 0 Å². The summed E-state index contributed by atoms with van der Waals surface area (Å²) in [6.45, 7) is 4.57. The van der Waals surface area contributed by atoms with E-state index in [-0.39, 0.29) is 12.0 Å². The zero-order valence-electron chi connectivity index (χ0n) is 15.6. The minimum Gasteiger partial charge on any atom is -0.356 e. The first-order valence-corrected chi connectivity index (χ1v) is 10.1. The van der Waals surface area contributed by atoms with E-state index in [0.717, 1.165) is 58.3 Å². The van der Waals surface area contributed by atoms with E-state index in [9.17, 15) is 0 Å². The van der Waals surface area contributed by atoms with Crippen molar-refractivity contribution in [1.82, 2.24) is 9.78 Å². The molecule has 2 aromatic rings. The van der Waals surface area contributed by atoms with Crippen LogP contribution in [0.2, 0.25) is 0 Å². The van der Waals surface area contributed by atoms with Gasteiger partial charge >= 0.3 is 0 Å².